The molecule has 0 unspecified atom stereocenters. The van der Waals surface area contributed by atoms with Gasteiger partial charge >= 0.3 is 0 Å². The van der Waals surface area contributed by atoms with E-state index in [-0.39, 0.29) is 0 Å². The van der Waals surface area contributed by atoms with Gasteiger partial charge in [0, 0.05) is 24.0 Å². The molecule has 0 aliphatic carbocycles. The molecular weight excluding hydrogens is 248 g/mol. The van der Waals surface area contributed by atoms with E-state index in [1.807, 2.05) is 33.0 Å². The molecule has 20 heavy (non-hydrogen) atoms. The van der Waals surface area contributed by atoms with Crippen molar-refractivity contribution in [2.75, 3.05) is 18.1 Å². The third-order valence-electron chi connectivity index (χ3n) is 2.38. The molecule has 2 aromatic rings. The van der Waals surface area contributed by atoms with Crippen molar-refractivity contribution < 1.29 is 4.79 Å². The molecule has 0 atom stereocenters. The van der Waals surface area contributed by atoms with Crippen LogP contribution in [0.3, 0.4) is 0 Å². The molecule has 0 bridgehead atoms. The zero-order valence-electron chi connectivity index (χ0n) is 12.7. The Morgan fingerprint density at radius 1 is 1.05 bits per heavy atom. The van der Waals surface area contributed by atoms with Crippen molar-refractivity contribution in [3.8, 4) is 0 Å². The normalized spacial score (nSPS) is 8.40. The Morgan fingerprint density at radius 2 is 1.65 bits per heavy atom. The Labute approximate surface area is 121 Å². The van der Waals surface area contributed by atoms with Crippen LogP contribution in [0.4, 0.5) is 11.4 Å². The fraction of sp³-hybridized carbons (Fsp3) is 0.235. The number of aryl methyl sites for hydroxylation is 1. The number of nitrogens with two attached hydrogens (primary N) is 1. The van der Waals surface area contributed by atoms with Gasteiger partial charge in [-0.3, -0.25) is 4.79 Å². The van der Waals surface area contributed by atoms with Gasteiger partial charge in [0.15, 0.2) is 0 Å². The summed E-state index contributed by atoms with van der Waals surface area (Å²) in [5, 5.41) is 3.07. The second kappa shape index (κ2) is 10.6. The maximum atomic E-state index is 10.1. The van der Waals surface area contributed by atoms with Gasteiger partial charge in [-0.05, 0) is 48.9 Å². The van der Waals surface area contributed by atoms with Gasteiger partial charge in [-0.25, -0.2) is 0 Å². The number of hydrogen-bond donors (Lipinski definition) is 2. The Bertz CT molecular complexity index is 493. The van der Waals surface area contributed by atoms with E-state index in [0.717, 1.165) is 6.29 Å². The lowest BCUT2D eigenvalue weighted by molar-refractivity contribution is 0.112. The molecule has 0 spiro atoms. The number of carbonyl (C=O) groups excluding carboxylic acids is 1. The minimum atomic E-state index is 0.657. The van der Waals surface area contributed by atoms with E-state index in [0.29, 0.717) is 11.3 Å². The van der Waals surface area contributed by atoms with Crippen molar-refractivity contribution in [2.24, 2.45) is 0 Å². The molecular formula is C17H24N2O. The Balaban J connectivity index is 0.000000321. The highest BCUT2D eigenvalue weighted by atomic mass is 16.1. The summed E-state index contributed by atoms with van der Waals surface area (Å²) in [6.07, 6.45) is 0.791. The third kappa shape index (κ3) is 7.21. The highest BCUT2D eigenvalue weighted by Gasteiger charge is 1.86. The monoisotopic (exact) mass is 272 g/mol. The maximum Gasteiger partial charge on any atom is 0.150 e. The van der Waals surface area contributed by atoms with Crippen LogP contribution in [-0.2, 0) is 0 Å². The number of nitrogen functional groups attached to an aromatic ring is 1. The number of carbonyl (C=O) groups is 1. The van der Waals surface area contributed by atoms with Crippen molar-refractivity contribution >= 4 is 17.7 Å². The van der Waals surface area contributed by atoms with Crippen LogP contribution in [0.5, 0.6) is 0 Å². The Hall–Kier alpha value is -2.29. The van der Waals surface area contributed by atoms with Crippen LogP contribution in [0.1, 0.15) is 29.8 Å². The topological polar surface area (TPSA) is 55.1 Å². The smallest absolute Gasteiger partial charge is 0.150 e. The van der Waals surface area contributed by atoms with Crippen LogP contribution in [0, 0.1) is 6.92 Å². The molecule has 2 aromatic carbocycles. The predicted octanol–water partition coefficient (Wildman–Crippen LogP) is 4.14. The summed E-state index contributed by atoms with van der Waals surface area (Å²) < 4.78 is 0. The Morgan fingerprint density at radius 3 is 2.05 bits per heavy atom. The summed E-state index contributed by atoms with van der Waals surface area (Å²) in [6, 6.07) is 15.0. The maximum absolute atomic E-state index is 10.1. The van der Waals surface area contributed by atoms with Gasteiger partial charge in [0.2, 0.25) is 0 Å². The van der Waals surface area contributed by atoms with Gasteiger partial charge < -0.3 is 11.1 Å². The van der Waals surface area contributed by atoms with Gasteiger partial charge in [0.1, 0.15) is 6.29 Å². The van der Waals surface area contributed by atoms with Gasteiger partial charge in [-0.2, -0.15) is 0 Å². The molecule has 0 radical (unpaired) electrons. The van der Waals surface area contributed by atoms with Crippen molar-refractivity contribution in [1.82, 2.24) is 0 Å². The van der Waals surface area contributed by atoms with Crippen LogP contribution in [0.15, 0.2) is 48.5 Å². The van der Waals surface area contributed by atoms with Crippen LogP contribution >= 0.6 is 0 Å². The first-order valence-electron chi connectivity index (χ1n) is 6.71. The van der Waals surface area contributed by atoms with E-state index in [4.69, 9.17) is 5.73 Å². The van der Waals surface area contributed by atoms with E-state index in [1.54, 1.807) is 24.3 Å². The van der Waals surface area contributed by atoms with E-state index < -0.39 is 0 Å². The lowest BCUT2D eigenvalue weighted by Gasteiger charge is -1.98. The lowest BCUT2D eigenvalue weighted by Crippen LogP contribution is -1.86. The quantitative estimate of drug-likeness (QED) is 0.638. The largest absolute Gasteiger partial charge is 0.399 e. The minimum absolute atomic E-state index is 0.657. The fourth-order valence-electron chi connectivity index (χ4n) is 1.38. The molecule has 0 heterocycles. The SMILES string of the molecule is CC.CNc1cccc(C)c1.Nc1ccc(C=O)cc1. The molecule has 0 fully saturated rings. The average molecular weight is 272 g/mol. The molecule has 0 saturated carbocycles. The second-order valence-electron chi connectivity index (χ2n) is 3.90. The van der Waals surface area contributed by atoms with Crippen molar-refractivity contribution in [1.29, 1.82) is 0 Å². The highest BCUT2D eigenvalue weighted by molar-refractivity contribution is 5.75. The zero-order chi connectivity index (χ0) is 15.4. The molecule has 0 saturated heterocycles. The zero-order valence-corrected chi connectivity index (χ0v) is 12.7. The number of nitrogens with one attached hydrogen (secondary N) is 1. The molecule has 0 aromatic heterocycles. The molecule has 108 valence electrons. The van der Waals surface area contributed by atoms with Crippen molar-refractivity contribution in [3.63, 3.8) is 0 Å². The lowest BCUT2D eigenvalue weighted by atomic mass is 10.2. The molecule has 3 nitrogen and oxygen atoms in total. The van der Waals surface area contributed by atoms with Gasteiger partial charge in [0.25, 0.3) is 0 Å². The number of aldehydes is 1. The number of hydrogen-bond acceptors (Lipinski definition) is 3. The number of anilines is 2. The molecule has 0 amide bonds. The molecule has 0 aliphatic rings. The summed E-state index contributed by atoms with van der Waals surface area (Å²) in [4.78, 5) is 10.1. The highest BCUT2D eigenvalue weighted by Crippen LogP contribution is 2.07. The van der Waals surface area contributed by atoms with E-state index >= 15 is 0 Å². The second-order valence-corrected chi connectivity index (χ2v) is 3.90. The van der Waals surface area contributed by atoms with Gasteiger partial charge in [0.05, 0.1) is 0 Å². The van der Waals surface area contributed by atoms with Crippen LogP contribution in [-0.4, -0.2) is 13.3 Å². The first-order chi connectivity index (χ1) is 9.65. The summed E-state index contributed by atoms with van der Waals surface area (Å²) in [7, 11) is 1.93. The van der Waals surface area contributed by atoms with Crippen molar-refractivity contribution in [3.05, 3.63) is 59.7 Å². The first-order valence-corrected chi connectivity index (χ1v) is 6.71. The standard InChI is InChI=1S/C8H11N.C7H7NO.C2H6/c1-7-4-3-5-8(6-7)9-2;8-7-3-1-6(5-9)2-4-7;1-2/h3-6,9H,1-2H3;1-5H,8H2;1-2H3. The summed E-state index contributed by atoms with van der Waals surface area (Å²) >= 11 is 0. The van der Waals surface area contributed by atoms with Crippen molar-refractivity contribution in [2.45, 2.75) is 20.8 Å². The van der Waals surface area contributed by atoms with Crippen LogP contribution in [0.2, 0.25) is 0 Å². The third-order valence-corrected chi connectivity index (χ3v) is 2.38. The summed E-state index contributed by atoms with van der Waals surface area (Å²) in [5.41, 5.74) is 9.17. The predicted molar refractivity (Wildman–Crippen MR) is 88.3 cm³/mol. The molecule has 2 rings (SSSR count). The van der Waals surface area contributed by atoms with E-state index in [1.165, 1.54) is 11.3 Å². The van der Waals surface area contributed by atoms with Gasteiger partial charge in [-0.1, -0.05) is 26.0 Å². The number of rotatable bonds is 2. The first kappa shape index (κ1) is 17.7. The minimum Gasteiger partial charge on any atom is -0.399 e. The average Bonchev–Trinajstić information content (AvgIpc) is 2.51. The van der Waals surface area contributed by atoms with E-state index in [2.05, 4.69) is 24.4 Å². The molecule has 0 aliphatic heterocycles. The van der Waals surface area contributed by atoms with Crippen LogP contribution < -0.4 is 11.1 Å². The van der Waals surface area contributed by atoms with E-state index in [9.17, 15) is 4.79 Å². The fourth-order valence-corrected chi connectivity index (χ4v) is 1.38. The summed E-state index contributed by atoms with van der Waals surface area (Å²) in [6.45, 7) is 6.08. The van der Waals surface area contributed by atoms with Crippen LogP contribution in [0.25, 0.3) is 0 Å². The molecule has 3 N–H and O–H groups in total. The summed E-state index contributed by atoms with van der Waals surface area (Å²) in [5.74, 6) is 0. The molecule has 3 heteroatoms. The van der Waals surface area contributed by atoms with Gasteiger partial charge in [-0.15, -0.1) is 0 Å². The Kier molecular flexibility index (Phi) is 9.40. The number of benzene rings is 2.